The average Bonchev–Trinajstić information content (AvgIpc) is 3.19. The van der Waals surface area contributed by atoms with Crippen molar-refractivity contribution in [3.8, 4) is 0 Å². The lowest BCUT2D eigenvalue weighted by molar-refractivity contribution is 0.0849. The predicted molar refractivity (Wildman–Crippen MR) is 89.2 cm³/mol. The summed E-state index contributed by atoms with van der Waals surface area (Å²) in [5.41, 5.74) is 6.00. The number of anilines is 2. The van der Waals surface area contributed by atoms with Crippen molar-refractivity contribution in [1.82, 2.24) is 9.97 Å². The summed E-state index contributed by atoms with van der Waals surface area (Å²) in [4.78, 5) is 11.5. The molecule has 22 heavy (non-hydrogen) atoms. The van der Waals surface area contributed by atoms with Crippen molar-refractivity contribution < 1.29 is 4.74 Å². The molecule has 3 saturated heterocycles. The van der Waals surface area contributed by atoms with Crippen LogP contribution in [0, 0.1) is 11.8 Å². The molecule has 1 aromatic heterocycles. The number of fused-ring (bicyclic) bond motifs is 5. The van der Waals surface area contributed by atoms with E-state index < -0.39 is 0 Å². The zero-order valence-corrected chi connectivity index (χ0v) is 13.9. The van der Waals surface area contributed by atoms with Crippen molar-refractivity contribution in [1.29, 1.82) is 0 Å². The zero-order chi connectivity index (χ0) is 15.1. The van der Waals surface area contributed by atoms with Gasteiger partial charge in [0.1, 0.15) is 11.6 Å². The number of thioether (sulfide) groups is 1. The first-order chi connectivity index (χ1) is 10.7. The molecule has 4 heterocycles. The Morgan fingerprint density at radius 3 is 2.68 bits per heavy atom. The van der Waals surface area contributed by atoms with Gasteiger partial charge in [0.25, 0.3) is 0 Å². The molecule has 4 atom stereocenters. The Balaban J connectivity index is 1.48. The number of aromatic nitrogens is 2. The zero-order valence-electron chi connectivity index (χ0n) is 13.1. The third kappa shape index (κ3) is 2.56. The highest BCUT2D eigenvalue weighted by molar-refractivity contribution is 7.99. The van der Waals surface area contributed by atoms with Gasteiger partial charge in [-0.2, -0.15) is 0 Å². The summed E-state index contributed by atoms with van der Waals surface area (Å²) in [6.45, 7) is 4.31. The van der Waals surface area contributed by atoms with Gasteiger partial charge < -0.3 is 15.4 Å². The molecule has 2 N–H and O–H groups in total. The average molecular weight is 320 g/mol. The number of hydrogen-bond donors (Lipinski definition) is 1. The van der Waals surface area contributed by atoms with E-state index in [2.05, 4.69) is 16.8 Å². The van der Waals surface area contributed by atoms with Crippen LogP contribution < -0.4 is 10.6 Å². The van der Waals surface area contributed by atoms with E-state index in [1.54, 1.807) is 11.8 Å². The fraction of sp³-hybridized carbons (Fsp3) is 0.750. The molecule has 3 fully saturated rings. The summed E-state index contributed by atoms with van der Waals surface area (Å²) in [6, 6.07) is 1.92. The number of rotatable bonds is 5. The second-order valence-corrected chi connectivity index (χ2v) is 7.72. The molecule has 2 bridgehead atoms. The highest BCUT2D eigenvalue weighted by Crippen LogP contribution is 2.47. The summed E-state index contributed by atoms with van der Waals surface area (Å²) < 4.78 is 6.05. The Labute approximate surface area is 136 Å². The van der Waals surface area contributed by atoms with E-state index >= 15 is 0 Å². The smallest absolute Gasteiger partial charge is 0.191 e. The predicted octanol–water partition coefficient (Wildman–Crippen LogP) is 2.56. The fourth-order valence-corrected chi connectivity index (χ4v) is 5.06. The number of nitrogens with zero attached hydrogens (tertiary/aromatic N) is 3. The van der Waals surface area contributed by atoms with Crippen LogP contribution >= 0.6 is 11.8 Å². The summed E-state index contributed by atoms with van der Waals surface area (Å²) in [7, 11) is 0. The molecule has 0 amide bonds. The second-order valence-electron chi connectivity index (χ2n) is 6.66. The Morgan fingerprint density at radius 2 is 2.00 bits per heavy atom. The first-order valence-corrected chi connectivity index (χ1v) is 9.41. The Kier molecular flexibility index (Phi) is 3.90. The van der Waals surface area contributed by atoms with Crippen LogP contribution in [-0.2, 0) is 4.74 Å². The van der Waals surface area contributed by atoms with Crippen molar-refractivity contribution in [2.45, 2.75) is 50.0 Å². The van der Waals surface area contributed by atoms with Gasteiger partial charge >= 0.3 is 0 Å². The van der Waals surface area contributed by atoms with E-state index in [1.807, 2.05) is 6.07 Å². The van der Waals surface area contributed by atoms with Gasteiger partial charge in [-0.3, -0.25) is 0 Å². The molecular formula is C16H24N4OS. The molecule has 3 aliphatic rings. The maximum absolute atomic E-state index is 6.05. The number of nitrogens with two attached hydrogens (primary N) is 1. The van der Waals surface area contributed by atoms with Gasteiger partial charge in [0, 0.05) is 36.7 Å². The van der Waals surface area contributed by atoms with Crippen LogP contribution in [0.2, 0.25) is 0 Å². The van der Waals surface area contributed by atoms with E-state index in [1.165, 1.54) is 25.7 Å². The summed E-state index contributed by atoms with van der Waals surface area (Å²) in [5, 5.41) is 0.819. The Bertz CT molecular complexity index is 537. The van der Waals surface area contributed by atoms with Crippen LogP contribution in [0.5, 0.6) is 0 Å². The van der Waals surface area contributed by atoms with E-state index in [4.69, 9.17) is 15.5 Å². The van der Waals surface area contributed by atoms with Gasteiger partial charge in [-0.15, -0.1) is 0 Å². The minimum absolute atomic E-state index is 0.484. The van der Waals surface area contributed by atoms with E-state index in [0.29, 0.717) is 29.9 Å². The summed E-state index contributed by atoms with van der Waals surface area (Å²) >= 11 is 1.71. The SMILES string of the molecule is CCCCSc1nc(N)cc(N2C[C@@H]3[C@H](C2)[C@H]2CC[C@@H]3O2)n1. The van der Waals surface area contributed by atoms with Gasteiger partial charge in [0.15, 0.2) is 5.16 Å². The topological polar surface area (TPSA) is 64.3 Å². The Morgan fingerprint density at radius 1 is 1.27 bits per heavy atom. The van der Waals surface area contributed by atoms with Crippen LogP contribution in [0.4, 0.5) is 11.6 Å². The van der Waals surface area contributed by atoms with Crippen LogP contribution in [0.3, 0.4) is 0 Å². The van der Waals surface area contributed by atoms with Crippen molar-refractivity contribution in [3.05, 3.63) is 6.07 Å². The molecule has 0 aromatic carbocycles. The lowest BCUT2D eigenvalue weighted by Gasteiger charge is -2.20. The number of unbranched alkanes of at least 4 members (excludes halogenated alkanes) is 1. The number of ether oxygens (including phenoxy) is 1. The number of hydrogen-bond acceptors (Lipinski definition) is 6. The maximum atomic E-state index is 6.05. The fourth-order valence-electron chi connectivity index (χ4n) is 4.11. The largest absolute Gasteiger partial charge is 0.383 e. The van der Waals surface area contributed by atoms with Gasteiger partial charge in [0.05, 0.1) is 12.2 Å². The maximum Gasteiger partial charge on any atom is 0.191 e. The second kappa shape index (κ2) is 5.89. The first-order valence-electron chi connectivity index (χ1n) is 8.42. The molecule has 0 unspecified atom stereocenters. The minimum atomic E-state index is 0.484. The van der Waals surface area contributed by atoms with Crippen molar-refractivity contribution in [2.24, 2.45) is 11.8 Å². The molecule has 5 nitrogen and oxygen atoms in total. The molecule has 4 rings (SSSR count). The molecule has 6 heteroatoms. The van der Waals surface area contributed by atoms with Crippen LogP contribution in [0.1, 0.15) is 32.6 Å². The highest BCUT2D eigenvalue weighted by atomic mass is 32.2. The number of nitrogen functional groups attached to an aromatic ring is 1. The van der Waals surface area contributed by atoms with Crippen LogP contribution in [0.25, 0.3) is 0 Å². The van der Waals surface area contributed by atoms with Gasteiger partial charge in [-0.05, 0) is 19.3 Å². The minimum Gasteiger partial charge on any atom is -0.383 e. The third-order valence-electron chi connectivity index (χ3n) is 5.22. The standard InChI is InChI=1S/C16H24N4OS/c1-2-3-6-22-16-18-14(17)7-15(19-16)20-8-10-11(9-20)13-5-4-12(10)21-13/h7,10-13H,2-6,8-9H2,1H3,(H2,17,18,19)/t10-,11+,12+,13-. The van der Waals surface area contributed by atoms with Crippen molar-refractivity contribution in [3.63, 3.8) is 0 Å². The van der Waals surface area contributed by atoms with Gasteiger partial charge in [-0.25, -0.2) is 9.97 Å². The van der Waals surface area contributed by atoms with E-state index in [9.17, 15) is 0 Å². The summed E-state index contributed by atoms with van der Waals surface area (Å²) in [6.07, 6.45) is 5.83. The first kappa shape index (κ1) is 14.6. The quantitative estimate of drug-likeness (QED) is 0.511. The van der Waals surface area contributed by atoms with Crippen LogP contribution in [0.15, 0.2) is 11.2 Å². The third-order valence-corrected chi connectivity index (χ3v) is 6.15. The van der Waals surface area contributed by atoms with Crippen molar-refractivity contribution >= 4 is 23.4 Å². The molecule has 0 radical (unpaired) electrons. The normalized spacial score (nSPS) is 32.7. The molecule has 0 aliphatic carbocycles. The van der Waals surface area contributed by atoms with E-state index in [-0.39, 0.29) is 0 Å². The molecule has 0 saturated carbocycles. The van der Waals surface area contributed by atoms with E-state index in [0.717, 1.165) is 29.8 Å². The molecule has 3 aliphatic heterocycles. The van der Waals surface area contributed by atoms with Crippen LogP contribution in [-0.4, -0.2) is 41.0 Å². The summed E-state index contributed by atoms with van der Waals surface area (Å²) in [5.74, 6) is 4.01. The molecule has 120 valence electrons. The van der Waals surface area contributed by atoms with Gasteiger partial charge in [0.2, 0.25) is 0 Å². The van der Waals surface area contributed by atoms with Gasteiger partial charge in [-0.1, -0.05) is 25.1 Å². The monoisotopic (exact) mass is 320 g/mol. The molecule has 0 spiro atoms. The highest BCUT2D eigenvalue weighted by Gasteiger charge is 2.53. The lowest BCUT2D eigenvalue weighted by Crippen LogP contribution is -2.25. The molecular weight excluding hydrogens is 296 g/mol. The Hall–Kier alpha value is -1.01. The lowest BCUT2D eigenvalue weighted by atomic mass is 9.82. The van der Waals surface area contributed by atoms with Crippen molar-refractivity contribution in [2.75, 3.05) is 29.5 Å². The molecule has 1 aromatic rings.